The topological polar surface area (TPSA) is 27.6 Å². The van der Waals surface area contributed by atoms with Gasteiger partial charge in [-0.15, -0.1) is 0 Å². The van der Waals surface area contributed by atoms with Crippen LogP contribution in [-0.2, 0) is 0 Å². The van der Waals surface area contributed by atoms with Crippen LogP contribution in [0, 0.1) is 0 Å². The summed E-state index contributed by atoms with van der Waals surface area (Å²) < 4.78 is 0. The fourth-order valence-corrected chi connectivity index (χ4v) is 2.63. The van der Waals surface area contributed by atoms with Crippen molar-refractivity contribution in [2.45, 2.75) is 33.2 Å². The lowest BCUT2D eigenvalue weighted by Gasteiger charge is -2.17. The SMILES string of the molecule is CCN(CC)CCN=C1NC(C)(C)CS1. The maximum atomic E-state index is 4.58. The number of likely N-dealkylation sites (N-methyl/N-ethyl adjacent to an activating group) is 1. The second-order valence-corrected chi connectivity index (χ2v) is 5.48. The molecular formula is C11H23N3S. The molecule has 1 N–H and O–H groups in total. The van der Waals surface area contributed by atoms with Crippen molar-refractivity contribution in [1.29, 1.82) is 0 Å². The highest BCUT2D eigenvalue weighted by molar-refractivity contribution is 8.14. The van der Waals surface area contributed by atoms with E-state index in [0.29, 0.717) is 0 Å². The molecule has 1 fully saturated rings. The van der Waals surface area contributed by atoms with Crippen molar-refractivity contribution >= 4 is 16.9 Å². The summed E-state index contributed by atoms with van der Waals surface area (Å²) in [6.45, 7) is 13.0. The maximum Gasteiger partial charge on any atom is 0.157 e. The van der Waals surface area contributed by atoms with Gasteiger partial charge in [0.1, 0.15) is 0 Å². The van der Waals surface area contributed by atoms with E-state index < -0.39 is 0 Å². The number of aliphatic imine (C=N–C) groups is 1. The quantitative estimate of drug-likeness (QED) is 0.779. The number of amidine groups is 1. The summed E-state index contributed by atoms with van der Waals surface area (Å²) in [4.78, 5) is 6.98. The molecule has 1 rings (SSSR count). The highest BCUT2D eigenvalue weighted by Crippen LogP contribution is 2.21. The van der Waals surface area contributed by atoms with Crippen LogP contribution in [0.4, 0.5) is 0 Å². The number of hydrogen-bond acceptors (Lipinski definition) is 3. The Balaban J connectivity index is 2.27. The van der Waals surface area contributed by atoms with Crippen LogP contribution in [0.2, 0.25) is 0 Å². The van der Waals surface area contributed by atoms with Crippen LogP contribution in [-0.4, -0.2) is 47.5 Å². The predicted molar refractivity (Wildman–Crippen MR) is 69.8 cm³/mol. The lowest BCUT2D eigenvalue weighted by Crippen LogP contribution is -2.37. The largest absolute Gasteiger partial charge is 0.359 e. The zero-order valence-corrected chi connectivity index (χ0v) is 11.2. The number of hydrogen-bond donors (Lipinski definition) is 1. The monoisotopic (exact) mass is 229 g/mol. The zero-order valence-electron chi connectivity index (χ0n) is 10.3. The molecule has 0 aromatic heterocycles. The van der Waals surface area contributed by atoms with E-state index in [1.807, 2.05) is 11.8 Å². The van der Waals surface area contributed by atoms with Crippen LogP contribution in [0.15, 0.2) is 4.99 Å². The summed E-state index contributed by atoms with van der Waals surface area (Å²) in [6, 6.07) is 0. The average Bonchev–Trinajstić information content (AvgIpc) is 2.53. The van der Waals surface area contributed by atoms with Crippen molar-refractivity contribution in [2.24, 2.45) is 4.99 Å². The summed E-state index contributed by atoms with van der Waals surface area (Å²) in [6.07, 6.45) is 0. The predicted octanol–water partition coefficient (Wildman–Crippen LogP) is 1.80. The van der Waals surface area contributed by atoms with Crippen molar-refractivity contribution in [3.05, 3.63) is 0 Å². The molecule has 0 atom stereocenters. The molecule has 4 heteroatoms. The first-order valence-electron chi connectivity index (χ1n) is 5.75. The summed E-state index contributed by atoms with van der Waals surface area (Å²) >= 11 is 1.84. The van der Waals surface area contributed by atoms with Gasteiger partial charge in [0.25, 0.3) is 0 Å². The molecule has 0 aromatic carbocycles. The fraction of sp³-hybridized carbons (Fsp3) is 0.909. The molecule has 1 saturated heterocycles. The van der Waals surface area contributed by atoms with E-state index in [1.165, 1.54) is 0 Å². The molecule has 0 aliphatic carbocycles. The van der Waals surface area contributed by atoms with Gasteiger partial charge >= 0.3 is 0 Å². The van der Waals surface area contributed by atoms with Crippen LogP contribution in [0.1, 0.15) is 27.7 Å². The van der Waals surface area contributed by atoms with Gasteiger partial charge < -0.3 is 10.2 Å². The Morgan fingerprint density at radius 3 is 2.53 bits per heavy atom. The Morgan fingerprint density at radius 1 is 1.40 bits per heavy atom. The minimum absolute atomic E-state index is 0.221. The van der Waals surface area contributed by atoms with Crippen LogP contribution in [0.3, 0.4) is 0 Å². The molecule has 0 bridgehead atoms. The molecule has 1 aliphatic heterocycles. The third-order valence-corrected chi connectivity index (χ3v) is 3.95. The van der Waals surface area contributed by atoms with Crippen molar-refractivity contribution in [2.75, 3.05) is 31.9 Å². The lowest BCUT2D eigenvalue weighted by molar-refractivity contribution is 0.313. The first kappa shape index (κ1) is 12.8. The van der Waals surface area contributed by atoms with E-state index in [2.05, 4.69) is 42.9 Å². The Hall–Kier alpha value is -0.220. The lowest BCUT2D eigenvalue weighted by atomic mass is 10.1. The molecule has 0 unspecified atom stereocenters. The normalized spacial score (nSPS) is 22.3. The van der Waals surface area contributed by atoms with Gasteiger partial charge in [-0.05, 0) is 26.9 Å². The smallest absolute Gasteiger partial charge is 0.157 e. The molecule has 1 heterocycles. The van der Waals surface area contributed by atoms with Gasteiger partial charge in [0.2, 0.25) is 0 Å². The number of thioether (sulfide) groups is 1. The summed E-state index contributed by atoms with van der Waals surface area (Å²) in [5.74, 6) is 1.12. The van der Waals surface area contributed by atoms with E-state index in [-0.39, 0.29) is 5.54 Å². The van der Waals surface area contributed by atoms with Gasteiger partial charge in [0, 0.05) is 17.8 Å². The van der Waals surface area contributed by atoms with Gasteiger partial charge in [-0.2, -0.15) is 0 Å². The Labute approximate surface area is 97.7 Å². The second kappa shape index (κ2) is 5.75. The van der Waals surface area contributed by atoms with E-state index in [9.17, 15) is 0 Å². The summed E-state index contributed by atoms with van der Waals surface area (Å²) in [5.41, 5.74) is 0.221. The molecule has 0 radical (unpaired) electrons. The second-order valence-electron chi connectivity index (χ2n) is 4.51. The average molecular weight is 229 g/mol. The Morgan fingerprint density at radius 2 is 2.07 bits per heavy atom. The highest BCUT2D eigenvalue weighted by atomic mass is 32.2. The molecule has 0 saturated carbocycles. The molecule has 0 aromatic rings. The molecule has 88 valence electrons. The van der Waals surface area contributed by atoms with Gasteiger partial charge in [-0.3, -0.25) is 4.99 Å². The first-order chi connectivity index (χ1) is 7.07. The Bertz CT molecular complexity index is 222. The fourth-order valence-electron chi connectivity index (χ4n) is 1.53. The van der Waals surface area contributed by atoms with Crippen molar-refractivity contribution in [1.82, 2.24) is 10.2 Å². The molecule has 3 nitrogen and oxygen atoms in total. The van der Waals surface area contributed by atoms with Crippen LogP contribution in [0.5, 0.6) is 0 Å². The maximum absolute atomic E-state index is 4.58. The van der Waals surface area contributed by atoms with Gasteiger partial charge in [-0.25, -0.2) is 0 Å². The third kappa shape index (κ3) is 4.43. The molecular weight excluding hydrogens is 206 g/mol. The molecule has 1 aliphatic rings. The van der Waals surface area contributed by atoms with Crippen molar-refractivity contribution < 1.29 is 0 Å². The van der Waals surface area contributed by atoms with Crippen LogP contribution in [0.25, 0.3) is 0 Å². The van der Waals surface area contributed by atoms with E-state index >= 15 is 0 Å². The minimum atomic E-state index is 0.221. The van der Waals surface area contributed by atoms with Crippen LogP contribution >= 0.6 is 11.8 Å². The summed E-state index contributed by atoms with van der Waals surface area (Å²) in [5, 5.41) is 4.55. The zero-order chi connectivity index (χ0) is 11.3. The van der Waals surface area contributed by atoms with Gasteiger partial charge in [0.15, 0.2) is 5.17 Å². The molecule has 0 amide bonds. The van der Waals surface area contributed by atoms with Gasteiger partial charge in [0.05, 0.1) is 6.54 Å². The molecule has 15 heavy (non-hydrogen) atoms. The van der Waals surface area contributed by atoms with Crippen LogP contribution < -0.4 is 5.32 Å². The van der Waals surface area contributed by atoms with Crippen molar-refractivity contribution in [3.8, 4) is 0 Å². The van der Waals surface area contributed by atoms with Crippen molar-refractivity contribution in [3.63, 3.8) is 0 Å². The van der Waals surface area contributed by atoms with E-state index in [1.54, 1.807) is 0 Å². The molecule has 0 spiro atoms. The Kier molecular flexibility index (Phi) is 4.93. The third-order valence-electron chi connectivity index (χ3n) is 2.58. The number of nitrogens with zero attached hydrogens (tertiary/aromatic N) is 2. The van der Waals surface area contributed by atoms with E-state index in [4.69, 9.17) is 0 Å². The first-order valence-corrected chi connectivity index (χ1v) is 6.73. The number of nitrogens with one attached hydrogen (secondary N) is 1. The standard InChI is InChI=1S/C11H23N3S/c1-5-14(6-2)8-7-12-10-13-11(3,4)9-15-10/h5-9H2,1-4H3,(H,12,13). The number of rotatable bonds is 5. The minimum Gasteiger partial charge on any atom is -0.359 e. The van der Waals surface area contributed by atoms with Gasteiger partial charge in [-0.1, -0.05) is 25.6 Å². The summed E-state index contributed by atoms with van der Waals surface area (Å²) in [7, 11) is 0. The van der Waals surface area contributed by atoms with E-state index in [0.717, 1.165) is 37.1 Å². The highest BCUT2D eigenvalue weighted by Gasteiger charge is 2.26.